The third-order valence-corrected chi connectivity index (χ3v) is 7.99. The number of carbonyl (C=O) groups is 2. The molecule has 0 spiro atoms. The van der Waals surface area contributed by atoms with Gasteiger partial charge < -0.3 is 34.3 Å². The normalized spacial score (nSPS) is 21.0. The second-order valence-corrected chi connectivity index (χ2v) is 10.5. The highest BCUT2D eigenvalue weighted by atomic mass is 16.5. The summed E-state index contributed by atoms with van der Waals surface area (Å²) in [4.78, 5) is 27.5. The average Bonchev–Trinajstić information content (AvgIpc) is 3.75. The number of nitrogens with one attached hydrogen (secondary N) is 1. The van der Waals surface area contributed by atoms with Gasteiger partial charge in [-0.3, -0.25) is 0 Å². The van der Waals surface area contributed by atoms with E-state index in [1.54, 1.807) is 26.2 Å². The Hall–Kier alpha value is -3.30. The van der Waals surface area contributed by atoms with Crippen molar-refractivity contribution in [3.8, 4) is 11.5 Å². The molecule has 4 rings (SSSR count). The monoisotopic (exact) mass is 540 g/mol. The summed E-state index contributed by atoms with van der Waals surface area (Å²) in [6.45, 7) is 4.88. The van der Waals surface area contributed by atoms with Gasteiger partial charge in [0.05, 0.1) is 39.6 Å². The fourth-order valence-electron chi connectivity index (χ4n) is 5.45. The number of carboxylic acid groups (broad SMARTS) is 1. The van der Waals surface area contributed by atoms with Crippen LogP contribution in [0.4, 0.5) is 4.79 Å². The van der Waals surface area contributed by atoms with Gasteiger partial charge in [-0.1, -0.05) is 30.3 Å². The van der Waals surface area contributed by atoms with Crippen molar-refractivity contribution >= 4 is 12.0 Å². The van der Waals surface area contributed by atoms with Gasteiger partial charge in [0.15, 0.2) is 0 Å². The first-order chi connectivity index (χ1) is 18.7. The van der Waals surface area contributed by atoms with Crippen LogP contribution in [-0.4, -0.2) is 68.1 Å². The van der Waals surface area contributed by atoms with E-state index in [9.17, 15) is 14.7 Å². The number of benzene rings is 2. The van der Waals surface area contributed by atoms with Crippen LogP contribution in [0.15, 0.2) is 36.4 Å². The summed E-state index contributed by atoms with van der Waals surface area (Å²) in [6.07, 6.45) is 2.41. The average molecular weight is 541 g/mol. The Balaban J connectivity index is 1.59. The Kier molecular flexibility index (Phi) is 9.02. The van der Waals surface area contributed by atoms with Gasteiger partial charge in [0.25, 0.3) is 0 Å². The van der Waals surface area contributed by atoms with Gasteiger partial charge in [0, 0.05) is 32.1 Å². The first-order valence-corrected chi connectivity index (χ1v) is 13.5. The lowest BCUT2D eigenvalue weighted by Crippen LogP contribution is -2.66. The van der Waals surface area contributed by atoms with E-state index in [-0.39, 0.29) is 32.1 Å². The Morgan fingerprint density at radius 3 is 2.38 bits per heavy atom. The number of carboxylic acids is 1. The van der Waals surface area contributed by atoms with Crippen LogP contribution in [0, 0.1) is 6.92 Å². The van der Waals surface area contributed by atoms with Crippen molar-refractivity contribution in [2.45, 2.75) is 69.7 Å². The Morgan fingerprint density at radius 2 is 1.82 bits per heavy atom. The zero-order valence-electron chi connectivity index (χ0n) is 23.5. The number of carbonyl (C=O) groups excluding carboxylic acids is 1. The summed E-state index contributed by atoms with van der Waals surface area (Å²) >= 11 is 0. The van der Waals surface area contributed by atoms with Crippen molar-refractivity contribution < 1.29 is 33.6 Å². The minimum absolute atomic E-state index is 0.202. The summed E-state index contributed by atoms with van der Waals surface area (Å²) in [5.41, 5.74) is 2.56. The highest BCUT2D eigenvalue weighted by Gasteiger charge is 2.52. The van der Waals surface area contributed by atoms with E-state index >= 15 is 0 Å². The molecule has 2 saturated carbocycles. The molecule has 0 aromatic heterocycles. The molecule has 0 unspecified atom stereocenters. The maximum absolute atomic E-state index is 13.7. The SMILES string of the molecule is COc1cc([C@@H](C)N(CCOCc2ccccc2)C(=O)N[C@]2(C(=O)O)C[C@@H](OC)C2)c(C)c(OC)c1C1CC1. The van der Waals surface area contributed by atoms with Crippen molar-refractivity contribution in [2.24, 2.45) is 0 Å². The molecule has 2 aliphatic carbocycles. The molecule has 2 aliphatic rings. The van der Waals surface area contributed by atoms with Crippen molar-refractivity contribution in [2.75, 3.05) is 34.5 Å². The number of amides is 2. The van der Waals surface area contributed by atoms with Crippen LogP contribution in [0.1, 0.15) is 66.8 Å². The van der Waals surface area contributed by atoms with E-state index in [2.05, 4.69) is 5.32 Å². The van der Waals surface area contributed by atoms with Crippen molar-refractivity contribution in [1.29, 1.82) is 0 Å². The molecule has 0 bridgehead atoms. The lowest BCUT2D eigenvalue weighted by molar-refractivity contribution is -0.155. The quantitative estimate of drug-likeness (QED) is 0.351. The fraction of sp³-hybridized carbons (Fsp3) is 0.533. The summed E-state index contributed by atoms with van der Waals surface area (Å²) in [6, 6.07) is 10.9. The number of hydrogen-bond donors (Lipinski definition) is 2. The predicted molar refractivity (Wildman–Crippen MR) is 146 cm³/mol. The first-order valence-electron chi connectivity index (χ1n) is 13.5. The van der Waals surface area contributed by atoms with E-state index in [0.717, 1.165) is 46.6 Å². The van der Waals surface area contributed by atoms with Crippen LogP contribution in [0.25, 0.3) is 0 Å². The molecular formula is C30H40N2O7. The molecule has 0 heterocycles. The second-order valence-electron chi connectivity index (χ2n) is 10.5. The van der Waals surface area contributed by atoms with E-state index in [4.69, 9.17) is 18.9 Å². The van der Waals surface area contributed by atoms with Crippen molar-refractivity contribution in [3.05, 3.63) is 58.7 Å². The Labute approximate surface area is 230 Å². The molecule has 2 N–H and O–H groups in total. The van der Waals surface area contributed by atoms with Gasteiger partial charge in [-0.15, -0.1) is 0 Å². The third-order valence-electron chi connectivity index (χ3n) is 7.99. The zero-order valence-corrected chi connectivity index (χ0v) is 23.5. The van der Waals surface area contributed by atoms with E-state index in [1.165, 1.54) is 0 Å². The molecule has 212 valence electrons. The standard InChI is InChI=1S/C30H40N2O7/c1-19-24(15-25(37-4)26(22-11-12-22)27(19)38-5)20(2)32(13-14-39-18-21-9-7-6-8-10-21)29(35)31-30(28(33)34)16-23(17-30)36-3/h6-10,15,20,22-23H,11-14,16-18H2,1-5H3,(H,31,35)(H,33,34)/t20-,23-,30-/m1/s1. The molecule has 0 radical (unpaired) electrons. The van der Waals surface area contributed by atoms with Crippen LogP contribution in [-0.2, 0) is 20.9 Å². The van der Waals surface area contributed by atoms with Gasteiger partial charge >= 0.3 is 12.0 Å². The molecule has 2 amide bonds. The number of urea groups is 1. The van der Waals surface area contributed by atoms with Crippen LogP contribution in [0.5, 0.6) is 11.5 Å². The Morgan fingerprint density at radius 1 is 1.13 bits per heavy atom. The maximum atomic E-state index is 13.7. The number of aliphatic carboxylic acids is 1. The first kappa shape index (κ1) is 28.7. The number of hydrogen-bond acceptors (Lipinski definition) is 6. The molecule has 39 heavy (non-hydrogen) atoms. The van der Waals surface area contributed by atoms with Crippen LogP contribution in [0.2, 0.25) is 0 Å². The number of rotatable bonds is 13. The minimum atomic E-state index is -1.36. The molecule has 1 atom stereocenters. The van der Waals surface area contributed by atoms with E-state index < -0.39 is 23.6 Å². The van der Waals surface area contributed by atoms with Crippen LogP contribution < -0.4 is 14.8 Å². The maximum Gasteiger partial charge on any atom is 0.329 e. The molecule has 2 aromatic carbocycles. The topological polar surface area (TPSA) is 107 Å². The molecule has 2 aromatic rings. The smallest absolute Gasteiger partial charge is 0.329 e. The summed E-state index contributed by atoms with van der Waals surface area (Å²) in [7, 11) is 4.85. The molecular weight excluding hydrogens is 500 g/mol. The lowest BCUT2D eigenvalue weighted by atomic mass is 9.74. The van der Waals surface area contributed by atoms with Crippen LogP contribution >= 0.6 is 0 Å². The minimum Gasteiger partial charge on any atom is -0.496 e. The lowest BCUT2D eigenvalue weighted by Gasteiger charge is -2.45. The van der Waals surface area contributed by atoms with Gasteiger partial charge in [-0.25, -0.2) is 9.59 Å². The van der Waals surface area contributed by atoms with E-state index in [1.807, 2.05) is 50.2 Å². The Bertz CT molecular complexity index is 1160. The molecule has 9 heteroatoms. The largest absolute Gasteiger partial charge is 0.496 e. The zero-order chi connectivity index (χ0) is 28.2. The third kappa shape index (κ3) is 6.15. The number of ether oxygens (including phenoxy) is 4. The van der Waals surface area contributed by atoms with Gasteiger partial charge in [0.1, 0.15) is 17.0 Å². The van der Waals surface area contributed by atoms with Gasteiger partial charge in [0.2, 0.25) is 0 Å². The highest BCUT2D eigenvalue weighted by molar-refractivity contribution is 5.87. The molecule has 2 fully saturated rings. The highest BCUT2D eigenvalue weighted by Crippen LogP contribution is 2.51. The van der Waals surface area contributed by atoms with Crippen molar-refractivity contribution in [3.63, 3.8) is 0 Å². The van der Waals surface area contributed by atoms with Crippen molar-refractivity contribution in [1.82, 2.24) is 10.2 Å². The fourth-order valence-corrected chi connectivity index (χ4v) is 5.45. The van der Waals surface area contributed by atoms with E-state index in [0.29, 0.717) is 12.5 Å². The summed E-state index contributed by atoms with van der Waals surface area (Å²) in [5, 5.41) is 12.8. The number of nitrogens with zero attached hydrogens (tertiary/aromatic N) is 1. The summed E-state index contributed by atoms with van der Waals surface area (Å²) < 4.78 is 22.8. The van der Waals surface area contributed by atoms with Gasteiger partial charge in [-0.05, 0) is 55.4 Å². The molecule has 0 saturated heterocycles. The van der Waals surface area contributed by atoms with Gasteiger partial charge in [-0.2, -0.15) is 0 Å². The molecule has 0 aliphatic heterocycles. The summed E-state index contributed by atoms with van der Waals surface area (Å²) in [5.74, 6) is 0.867. The second kappa shape index (κ2) is 12.3. The number of methoxy groups -OCH3 is 3. The molecule has 9 nitrogen and oxygen atoms in total. The predicted octanol–water partition coefficient (Wildman–Crippen LogP) is 4.81. The van der Waals surface area contributed by atoms with Crippen LogP contribution in [0.3, 0.4) is 0 Å².